The number of nitrogens with zero attached hydrogens (tertiary/aromatic N) is 2. The minimum Gasteiger partial charge on any atom is -0.497 e. The van der Waals surface area contributed by atoms with Crippen molar-refractivity contribution in [2.45, 2.75) is 10.8 Å². The first-order chi connectivity index (χ1) is 12.3. The molecule has 0 aliphatic heterocycles. The summed E-state index contributed by atoms with van der Waals surface area (Å²) in [5.41, 5.74) is 3.63. The lowest BCUT2D eigenvalue weighted by atomic mass is 10.1. The fraction of sp³-hybridized carbons (Fsp3) is 0.100. The standard InChI is InChI=1S/C20H16N2OS2/c1-23-16-9-7-15(8-10-16)17-12-25-20-18(17)19(21-13-22-20)24-11-14-5-3-2-4-6-14/h2-10,12-13H,11H2,1H3. The summed E-state index contributed by atoms with van der Waals surface area (Å²) in [4.78, 5) is 10.0. The number of fused-ring (bicyclic) bond motifs is 1. The molecule has 0 aliphatic rings. The summed E-state index contributed by atoms with van der Waals surface area (Å²) in [6.45, 7) is 0. The van der Waals surface area contributed by atoms with Gasteiger partial charge in [0.2, 0.25) is 0 Å². The normalized spacial score (nSPS) is 10.9. The average molecular weight is 364 g/mol. The summed E-state index contributed by atoms with van der Waals surface area (Å²) in [6.07, 6.45) is 1.66. The molecule has 0 aliphatic carbocycles. The highest BCUT2D eigenvalue weighted by Gasteiger charge is 2.13. The third-order valence-corrected chi connectivity index (χ3v) is 5.90. The van der Waals surface area contributed by atoms with Crippen LogP contribution in [0.4, 0.5) is 0 Å². The Kier molecular flexibility index (Phi) is 4.68. The van der Waals surface area contributed by atoms with Gasteiger partial charge >= 0.3 is 0 Å². The third kappa shape index (κ3) is 3.38. The number of ether oxygens (including phenoxy) is 1. The Labute approximate surface area is 154 Å². The molecule has 0 fully saturated rings. The fourth-order valence-corrected chi connectivity index (χ4v) is 4.62. The van der Waals surface area contributed by atoms with E-state index in [0.717, 1.165) is 32.3 Å². The number of thioether (sulfide) groups is 1. The molecule has 0 N–H and O–H groups in total. The first-order valence-corrected chi connectivity index (χ1v) is 9.75. The van der Waals surface area contributed by atoms with Crippen LogP contribution in [0.25, 0.3) is 21.3 Å². The third-order valence-electron chi connectivity index (χ3n) is 3.95. The molecule has 124 valence electrons. The Balaban J connectivity index is 1.71. The summed E-state index contributed by atoms with van der Waals surface area (Å²) < 4.78 is 5.26. The Hall–Kier alpha value is -2.37. The molecule has 2 aromatic heterocycles. The van der Waals surface area contributed by atoms with E-state index in [1.807, 2.05) is 18.2 Å². The molecule has 0 bridgehead atoms. The minimum atomic E-state index is 0.859. The molecule has 0 spiro atoms. The van der Waals surface area contributed by atoms with Crippen LogP contribution in [-0.2, 0) is 5.75 Å². The van der Waals surface area contributed by atoms with Crippen molar-refractivity contribution >= 4 is 33.3 Å². The molecule has 3 nitrogen and oxygen atoms in total. The van der Waals surface area contributed by atoms with E-state index in [9.17, 15) is 0 Å². The average Bonchev–Trinajstić information content (AvgIpc) is 3.12. The molecular weight excluding hydrogens is 348 g/mol. The molecule has 0 radical (unpaired) electrons. The molecule has 5 heteroatoms. The Morgan fingerprint density at radius 2 is 1.80 bits per heavy atom. The number of methoxy groups -OCH3 is 1. The molecule has 4 rings (SSSR count). The predicted molar refractivity (Wildman–Crippen MR) is 105 cm³/mol. The van der Waals surface area contributed by atoms with E-state index in [1.54, 1.807) is 36.5 Å². The Morgan fingerprint density at radius 3 is 2.56 bits per heavy atom. The zero-order chi connectivity index (χ0) is 17.1. The van der Waals surface area contributed by atoms with E-state index in [2.05, 4.69) is 51.7 Å². The van der Waals surface area contributed by atoms with Crippen LogP contribution < -0.4 is 4.74 Å². The molecule has 0 saturated heterocycles. The number of aromatic nitrogens is 2. The van der Waals surface area contributed by atoms with Crippen LogP contribution >= 0.6 is 23.1 Å². The molecule has 0 atom stereocenters. The van der Waals surface area contributed by atoms with Crippen molar-refractivity contribution < 1.29 is 4.74 Å². The largest absolute Gasteiger partial charge is 0.497 e. The Morgan fingerprint density at radius 1 is 1.00 bits per heavy atom. The second-order valence-corrected chi connectivity index (χ2v) is 7.33. The smallest absolute Gasteiger partial charge is 0.128 e. The number of thiophene rings is 1. The van der Waals surface area contributed by atoms with Crippen molar-refractivity contribution in [2.75, 3.05) is 7.11 Å². The van der Waals surface area contributed by atoms with Gasteiger partial charge in [-0.25, -0.2) is 9.97 Å². The van der Waals surface area contributed by atoms with Crippen LogP contribution in [0.5, 0.6) is 5.75 Å². The molecule has 2 aromatic carbocycles. The Bertz CT molecular complexity index is 982. The van der Waals surface area contributed by atoms with E-state index >= 15 is 0 Å². The maximum Gasteiger partial charge on any atom is 0.128 e. The topological polar surface area (TPSA) is 35.0 Å². The molecule has 25 heavy (non-hydrogen) atoms. The van der Waals surface area contributed by atoms with Gasteiger partial charge in [0.1, 0.15) is 21.9 Å². The lowest BCUT2D eigenvalue weighted by Crippen LogP contribution is -1.88. The van der Waals surface area contributed by atoms with Gasteiger partial charge in [0, 0.05) is 16.7 Å². The van der Waals surface area contributed by atoms with Gasteiger partial charge in [-0.05, 0) is 23.3 Å². The first kappa shape index (κ1) is 16.1. The molecule has 2 heterocycles. The highest BCUT2D eigenvalue weighted by molar-refractivity contribution is 7.98. The minimum absolute atomic E-state index is 0.859. The maximum absolute atomic E-state index is 5.26. The molecular formula is C20H16N2OS2. The molecule has 4 aromatic rings. The predicted octanol–water partition coefficient (Wildman–Crippen LogP) is 5.66. The van der Waals surface area contributed by atoms with Gasteiger partial charge in [-0.1, -0.05) is 42.5 Å². The van der Waals surface area contributed by atoms with E-state index in [4.69, 9.17) is 4.74 Å². The summed E-state index contributed by atoms with van der Waals surface area (Å²) in [5.74, 6) is 1.75. The summed E-state index contributed by atoms with van der Waals surface area (Å²) >= 11 is 3.41. The quantitative estimate of drug-likeness (QED) is 0.338. The van der Waals surface area contributed by atoms with Crippen LogP contribution in [0, 0.1) is 0 Å². The van der Waals surface area contributed by atoms with Gasteiger partial charge in [-0.15, -0.1) is 23.1 Å². The van der Waals surface area contributed by atoms with Crippen LogP contribution in [0.2, 0.25) is 0 Å². The van der Waals surface area contributed by atoms with Gasteiger partial charge in [0.05, 0.1) is 12.5 Å². The summed E-state index contributed by atoms with van der Waals surface area (Å²) in [7, 11) is 1.68. The van der Waals surface area contributed by atoms with Crippen molar-refractivity contribution in [1.82, 2.24) is 9.97 Å². The van der Waals surface area contributed by atoms with Crippen LogP contribution in [0.1, 0.15) is 5.56 Å². The zero-order valence-electron chi connectivity index (χ0n) is 13.7. The van der Waals surface area contributed by atoms with Crippen molar-refractivity contribution in [1.29, 1.82) is 0 Å². The molecule has 0 unspecified atom stereocenters. The van der Waals surface area contributed by atoms with Gasteiger partial charge in [-0.3, -0.25) is 0 Å². The van der Waals surface area contributed by atoms with Gasteiger partial charge in [0.25, 0.3) is 0 Å². The second-order valence-electron chi connectivity index (χ2n) is 5.51. The van der Waals surface area contributed by atoms with E-state index in [1.165, 1.54) is 11.1 Å². The lowest BCUT2D eigenvalue weighted by Gasteiger charge is -2.06. The van der Waals surface area contributed by atoms with E-state index in [0.29, 0.717) is 0 Å². The SMILES string of the molecule is COc1ccc(-c2csc3ncnc(SCc4ccccc4)c23)cc1. The molecule has 0 saturated carbocycles. The maximum atomic E-state index is 5.26. The first-order valence-electron chi connectivity index (χ1n) is 7.88. The van der Waals surface area contributed by atoms with Crippen molar-refractivity contribution in [3.8, 4) is 16.9 Å². The lowest BCUT2D eigenvalue weighted by molar-refractivity contribution is 0.415. The highest BCUT2D eigenvalue weighted by Crippen LogP contribution is 2.38. The number of rotatable bonds is 5. The van der Waals surface area contributed by atoms with Crippen molar-refractivity contribution in [3.63, 3.8) is 0 Å². The van der Waals surface area contributed by atoms with Crippen LogP contribution in [0.15, 0.2) is 71.3 Å². The van der Waals surface area contributed by atoms with Crippen LogP contribution in [0.3, 0.4) is 0 Å². The highest BCUT2D eigenvalue weighted by atomic mass is 32.2. The van der Waals surface area contributed by atoms with Gasteiger partial charge in [-0.2, -0.15) is 0 Å². The van der Waals surface area contributed by atoms with Crippen molar-refractivity contribution in [2.24, 2.45) is 0 Å². The van der Waals surface area contributed by atoms with Crippen molar-refractivity contribution in [3.05, 3.63) is 71.9 Å². The summed E-state index contributed by atoms with van der Waals surface area (Å²) in [6, 6.07) is 18.6. The van der Waals surface area contributed by atoms with Crippen LogP contribution in [-0.4, -0.2) is 17.1 Å². The van der Waals surface area contributed by atoms with Gasteiger partial charge in [0.15, 0.2) is 0 Å². The zero-order valence-corrected chi connectivity index (χ0v) is 15.3. The second kappa shape index (κ2) is 7.25. The van der Waals surface area contributed by atoms with E-state index < -0.39 is 0 Å². The number of benzene rings is 2. The van der Waals surface area contributed by atoms with Gasteiger partial charge < -0.3 is 4.74 Å². The number of hydrogen-bond acceptors (Lipinski definition) is 5. The fourth-order valence-electron chi connectivity index (χ4n) is 2.67. The summed E-state index contributed by atoms with van der Waals surface area (Å²) in [5, 5.41) is 4.33. The van der Waals surface area contributed by atoms with E-state index in [-0.39, 0.29) is 0 Å². The monoisotopic (exact) mass is 364 g/mol. The number of hydrogen-bond donors (Lipinski definition) is 0. The molecule has 0 amide bonds.